The number of nitrogens with two attached hydrogens (primary N) is 1. The first-order chi connectivity index (χ1) is 3.55. The number of aliphatic hydroxyl groups excluding tert-OH is 2. The van der Waals surface area contributed by atoms with E-state index in [9.17, 15) is 0 Å². The first kappa shape index (κ1) is 7.84. The van der Waals surface area contributed by atoms with E-state index in [1.165, 1.54) is 6.92 Å². The van der Waals surface area contributed by atoms with Gasteiger partial charge < -0.3 is 21.1 Å². The Kier molecular flexibility index (Phi) is 2.93. The fourth-order valence-corrected chi connectivity index (χ4v) is 0.249. The van der Waals surface area contributed by atoms with E-state index in [1.807, 2.05) is 0 Å². The summed E-state index contributed by atoms with van der Waals surface area (Å²) < 4.78 is 0. The van der Waals surface area contributed by atoms with E-state index in [1.54, 1.807) is 0 Å². The topological polar surface area (TPSA) is 86.7 Å². The molecule has 2 atom stereocenters. The molecule has 0 amide bonds. The van der Waals surface area contributed by atoms with Crippen LogP contribution in [0.3, 0.4) is 0 Å². The van der Waals surface area contributed by atoms with Crippen LogP contribution in [-0.4, -0.2) is 33.8 Å². The minimum atomic E-state index is -1.63. The molecule has 0 aliphatic rings. The van der Waals surface area contributed by atoms with Gasteiger partial charge in [0.25, 0.3) is 0 Å². The van der Waals surface area contributed by atoms with Gasteiger partial charge in [-0.25, -0.2) is 0 Å². The summed E-state index contributed by atoms with van der Waals surface area (Å²) >= 11 is 0. The lowest BCUT2D eigenvalue weighted by Gasteiger charge is -2.15. The Morgan fingerprint density at radius 2 is 1.62 bits per heavy atom. The van der Waals surface area contributed by atoms with Gasteiger partial charge in [0, 0.05) is 0 Å². The van der Waals surface area contributed by atoms with Crippen molar-refractivity contribution in [3.8, 4) is 0 Å². The third-order valence-electron chi connectivity index (χ3n) is 0.901. The lowest BCUT2D eigenvalue weighted by molar-refractivity contribution is -0.0826. The Hall–Kier alpha value is -0.160. The van der Waals surface area contributed by atoms with Crippen LogP contribution in [0.1, 0.15) is 6.92 Å². The van der Waals surface area contributed by atoms with Crippen LogP contribution in [0.25, 0.3) is 0 Å². The third-order valence-corrected chi connectivity index (χ3v) is 0.901. The monoisotopic (exact) mass is 121 g/mol. The predicted molar refractivity (Wildman–Crippen MR) is 27.9 cm³/mol. The smallest absolute Gasteiger partial charge is 0.169 e. The summed E-state index contributed by atoms with van der Waals surface area (Å²) in [5, 5.41) is 25.1. The molecule has 0 aromatic carbocycles. The van der Waals surface area contributed by atoms with Crippen molar-refractivity contribution in [1.29, 1.82) is 0 Å². The first-order valence-electron chi connectivity index (χ1n) is 2.35. The molecule has 0 aromatic heterocycles. The quantitative estimate of drug-likeness (QED) is 0.318. The summed E-state index contributed by atoms with van der Waals surface area (Å²) in [5.74, 6) is 0. The van der Waals surface area contributed by atoms with E-state index in [4.69, 9.17) is 21.1 Å². The normalized spacial score (nSPS) is 18.8. The van der Waals surface area contributed by atoms with Gasteiger partial charge in [0.15, 0.2) is 6.29 Å². The molecule has 4 heteroatoms. The minimum Gasteiger partial charge on any atom is -0.392 e. The lowest BCUT2D eigenvalue weighted by Crippen LogP contribution is -2.43. The van der Waals surface area contributed by atoms with Crippen LogP contribution in [0.15, 0.2) is 0 Å². The number of aliphatic hydroxyl groups is 3. The zero-order valence-electron chi connectivity index (χ0n) is 4.65. The molecule has 8 heavy (non-hydrogen) atoms. The maximum atomic E-state index is 8.55. The molecular formula is C4H11NO3. The fraction of sp³-hybridized carbons (Fsp3) is 1.00. The van der Waals surface area contributed by atoms with Crippen molar-refractivity contribution in [1.82, 2.24) is 0 Å². The average molecular weight is 121 g/mol. The van der Waals surface area contributed by atoms with E-state index in [0.29, 0.717) is 0 Å². The van der Waals surface area contributed by atoms with Crippen molar-refractivity contribution in [3.05, 3.63) is 0 Å². The minimum absolute atomic E-state index is 0.880. The van der Waals surface area contributed by atoms with E-state index in [2.05, 4.69) is 0 Å². The maximum Gasteiger partial charge on any atom is 0.169 e. The number of hydrogen-bond acceptors (Lipinski definition) is 4. The van der Waals surface area contributed by atoms with Crippen molar-refractivity contribution >= 4 is 0 Å². The molecule has 0 aliphatic carbocycles. The molecule has 50 valence electrons. The van der Waals surface area contributed by atoms with Crippen LogP contribution in [-0.2, 0) is 0 Å². The Labute approximate surface area is 47.6 Å². The molecule has 4 nitrogen and oxygen atoms in total. The van der Waals surface area contributed by atoms with Crippen molar-refractivity contribution in [2.75, 3.05) is 0 Å². The Bertz CT molecular complexity index is 56.3. The Balaban J connectivity index is 3.46. The highest BCUT2D eigenvalue weighted by molar-refractivity contribution is 4.67. The molecule has 0 fully saturated rings. The molecule has 0 aromatic rings. The molecule has 0 aliphatic heterocycles. The predicted octanol–water partition coefficient (Wildman–Crippen LogP) is -1.99. The van der Waals surface area contributed by atoms with Crippen LogP contribution in [0, 0.1) is 0 Å². The number of rotatable bonds is 2. The molecule has 0 unspecified atom stereocenters. The van der Waals surface area contributed by atoms with Gasteiger partial charge in [-0.2, -0.15) is 0 Å². The van der Waals surface area contributed by atoms with Gasteiger partial charge in [-0.05, 0) is 6.92 Å². The van der Waals surface area contributed by atoms with Gasteiger partial charge in [-0.15, -0.1) is 0 Å². The zero-order valence-corrected chi connectivity index (χ0v) is 4.65. The molecule has 0 bridgehead atoms. The van der Waals surface area contributed by atoms with Crippen molar-refractivity contribution < 1.29 is 15.3 Å². The van der Waals surface area contributed by atoms with Crippen LogP contribution < -0.4 is 5.73 Å². The molecular weight excluding hydrogens is 110 g/mol. The van der Waals surface area contributed by atoms with Gasteiger partial charge in [0.1, 0.15) is 0 Å². The summed E-state index contributed by atoms with van der Waals surface area (Å²) in [5.41, 5.74) is 5.01. The highest BCUT2D eigenvalue weighted by Gasteiger charge is 2.15. The highest BCUT2D eigenvalue weighted by Crippen LogP contribution is 1.90. The average Bonchev–Trinajstić information content (AvgIpc) is 1.64. The molecule has 0 spiro atoms. The van der Waals surface area contributed by atoms with Crippen molar-refractivity contribution in [2.24, 2.45) is 5.73 Å². The van der Waals surface area contributed by atoms with Gasteiger partial charge in [-0.3, -0.25) is 0 Å². The molecule has 0 rings (SSSR count). The SMILES string of the molecule is C[C@@H](O)[C@@H](N)C(O)O. The van der Waals surface area contributed by atoms with E-state index >= 15 is 0 Å². The van der Waals surface area contributed by atoms with Crippen LogP contribution in [0.4, 0.5) is 0 Å². The fourth-order valence-electron chi connectivity index (χ4n) is 0.249. The first-order valence-corrected chi connectivity index (χ1v) is 2.35. The van der Waals surface area contributed by atoms with Gasteiger partial charge in [-0.1, -0.05) is 0 Å². The third kappa shape index (κ3) is 2.23. The highest BCUT2D eigenvalue weighted by atomic mass is 16.5. The summed E-state index contributed by atoms with van der Waals surface area (Å²) in [7, 11) is 0. The Morgan fingerprint density at radius 3 is 1.62 bits per heavy atom. The maximum absolute atomic E-state index is 8.55. The summed E-state index contributed by atoms with van der Waals surface area (Å²) in [6.45, 7) is 1.39. The van der Waals surface area contributed by atoms with Crippen LogP contribution in [0.5, 0.6) is 0 Å². The van der Waals surface area contributed by atoms with Crippen LogP contribution >= 0.6 is 0 Å². The van der Waals surface area contributed by atoms with Gasteiger partial charge in [0.05, 0.1) is 12.1 Å². The molecule has 0 saturated carbocycles. The second-order valence-electron chi connectivity index (χ2n) is 1.73. The second-order valence-corrected chi connectivity index (χ2v) is 1.73. The molecule has 5 N–H and O–H groups in total. The van der Waals surface area contributed by atoms with Crippen LogP contribution in [0.2, 0.25) is 0 Å². The van der Waals surface area contributed by atoms with E-state index < -0.39 is 18.4 Å². The summed E-state index contributed by atoms with van der Waals surface area (Å²) in [6, 6.07) is -0.963. The second kappa shape index (κ2) is 2.99. The molecule has 0 heterocycles. The van der Waals surface area contributed by atoms with Gasteiger partial charge >= 0.3 is 0 Å². The largest absolute Gasteiger partial charge is 0.392 e. The van der Waals surface area contributed by atoms with E-state index in [-0.39, 0.29) is 0 Å². The zero-order chi connectivity index (χ0) is 6.73. The number of hydrogen-bond donors (Lipinski definition) is 4. The lowest BCUT2D eigenvalue weighted by atomic mass is 10.2. The van der Waals surface area contributed by atoms with Gasteiger partial charge in [0.2, 0.25) is 0 Å². The van der Waals surface area contributed by atoms with E-state index in [0.717, 1.165) is 0 Å². The van der Waals surface area contributed by atoms with Crippen molar-refractivity contribution in [3.63, 3.8) is 0 Å². The molecule has 0 saturated heterocycles. The standard InChI is InChI=1S/C4H11NO3/c1-2(6)3(5)4(7)8/h2-4,6-8H,5H2,1H3/t2-,3-/m1/s1. The van der Waals surface area contributed by atoms with Crippen molar-refractivity contribution in [2.45, 2.75) is 25.4 Å². The summed E-state index contributed by atoms with van der Waals surface area (Å²) in [6.07, 6.45) is -2.51. The Morgan fingerprint density at radius 1 is 1.25 bits per heavy atom. The molecule has 0 radical (unpaired) electrons. The summed E-state index contributed by atoms with van der Waals surface area (Å²) in [4.78, 5) is 0.